The van der Waals surface area contributed by atoms with E-state index in [1.807, 2.05) is 38.1 Å². The Morgan fingerprint density at radius 3 is 2.60 bits per heavy atom. The van der Waals surface area contributed by atoms with Crippen LogP contribution in [0.2, 0.25) is 5.02 Å². The van der Waals surface area contributed by atoms with Gasteiger partial charge in [0.1, 0.15) is 0 Å². The molecule has 1 saturated heterocycles. The minimum absolute atomic E-state index is 0.0267. The second-order valence-corrected chi connectivity index (χ2v) is 11.8. The lowest BCUT2D eigenvalue weighted by Gasteiger charge is -2.43. The molecule has 6 rings (SSSR count). The van der Waals surface area contributed by atoms with Crippen molar-refractivity contribution in [2.45, 2.75) is 57.8 Å². The van der Waals surface area contributed by atoms with E-state index in [9.17, 15) is 22.8 Å². The number of pyridine rings is 1. The van der Waals surface area contributed by atoms with Crippen molar-refractivity contribution < 1.29 is 22.8 Å². The summed E-state index contributed by atoms with van der Waals surface area (Å²) in [7, 11) is 0. The van der Waals surface area contributed by atoms with E-state index < -0.39 is 29.9 Å². The summed E-state index contributed by atoms with van der Waals surface area (Å²) in [5, 5.41) is 8.79. The lowest BCUT2D eigenvalue weighted by atomic mass is 9.72. The molecule has 2 fully saturated rings. The highest BCUT2D eigenvalue weighted by molar-refractivity contribution is 6.32. The topological polar surface area (TPSA) is 80.1 Å². The molecule has 3 unspecified atom stereocenters. The normalized spacial score (nSPS) is 21.1. The van der Waals surface area contributed by atoms with Crippen molar-refractivity contribution in [1.29, 1.82) is 0 Å². The number of rotatable bonds is 5. The van der Waals surface area contributed by atoms with Crippen molar-refractivity contribution in [3.8, 4) is 11.1 Å². The Morgan fingerprint density at radius 2 is 1.83 bits per heavy atom. The first-order chi connectivity index (χ1) is 20.0. The van der Waals surface area contributed by atoms with Gasteiger partial charge < -0.3 is 5.32 Å². The summed E-state index contributed by atoms with van der Waals surface area (Å²) < 4.78 is 43.7. The first-order valence-corrected chi connectivity index (χ1v) is 14.3. The predicted octanol–water partition coefficient (Wildman–Crippen LogP) is 7.44. The molecule has 11 heteroatoms. The van der Waals surface area contributed by atoms with E-state index in [1.165, 1.54) is 17.1 Å². The molecule has 2 aromatic heterocycles. The number of carbonyl (C=O) groups is 2. The average molecular weight is 596 g/mol. The molecule has 1 saturated carbocycles. The molecule has 1 aliphatic heterocycles. The SMILES string of the molecule is CC(C)Cn1cc(-c2cccc(Cl)c2C2CCC3C(=O)N(c4cncc5ccccc45)C(=O)NC3C2)c(C(F)(F)F)n1. The van der Waals surface area contributed by atoms with Gasteiger partial charge in [-0.2, -0.15) is 18.3 Å². The maximum absolute atomic E-state index is 14.1. The zero-order chi connectivity index (χ0) is 29.8. The van der Waals surface area contributed by atoms with Crippen LogP contribution in [-0.2, 0) is 17.5 Å². The largest absolute Gasteiger partial charge is 0.435 e. The molecule has 1 N–H and O–H groups in total. The second-order valence-electron chi connectivity index (χ2n) is 11.4. The van der Waals surface area contributed by atoms with Gasteiger partial charge in [0.2, 0.25) is 5.91 Å². The summed E-state index contributed by atoms with van der Waals surface area (Å²) >= 11 is 6.68. The Labute approximate surface area is 245 Å². The molecule has 0 bridgehead atoms. The number of aromatic nitrogens is 3. The van der Waals surface area contributed by atoms with Crippen LogP contribution in [0.4, 0.5) is 23.7 Å². The van der Waals surface area contributed by atoms with Crippen molar-refractivity contribution in [2.75, 3.05) is 4.90 Å². The summed E-state index contributed by atoms with van der Waals surface area (Å²) in [6, 6.07) is 11.3. The van der Waals surface area contributed by atoms with Crippen LogP contribution in [0, 0.1) is 11.8 Å². The Balaban J connectivity index is 1.32. The molecule has 7 nitrogen and oxygen atoms in total. The van der Waals surface area contributed by atoms with Crippen LogP contribution in [0.25, 0.3) is 21.9 Å². The van der Waals surface area contributed by atoms with Crippen LogP contribution in [0.3, 0.4) is 0 Å². The fourth-order valence-corrected chi connectivity index (χ4v) is 6.69. The first-order valence-electron chi connectivity index (χ1n) is 13.9. The zero-order valence-corrected chi connectivity index (χ0v) is 23.8. The van der Waals surface area contributed by atoms with Gasteiger partial charge in [-0.15, -0.1) is 0 Å². The molecular formula is C31H29ClF3N5O2. The second kappa shape index (κ2) is 10.7. The molecular weight excluding hydrogens is 567 g/mol. The number of carbonyl (C=O) groups excluding carboxylic acids is 2. The van der Waals surface area contributed by atoms with Crippen LogP contribution < -0.4 is 10.2 Å². The summed E-state index contributed by atoms with van der Waals surface area (Å²) in [4.78, 5) is 32.5. The maximum atomic E-state index is 14.1. The molecule has 3 atom stereocenters. The third-order valence-electron chi connectivity index (χ3n) is 8.12. The number of alkyl halides is 3. The number of nitrogens with zero attached hydrogens (tertiary/aromatic N) is 4. The van der Waals surface area contributed by atoms with Gasteiger partial charge in [-0.05, 0) is 48.3 Å². The van der Waals surface area contributed by atoms with E-state index in [1.54, 1.807) is 24.4 Å². The van der Waals surface area contributed by atoms with Gasteiger partial charge in [0.15, 0.2) is 5.69 Å². The zero-order valence-electron chi connectivity index (χ0n) is 23.0. The van der Waals surface area contributed by atoms with Crippen LogP contribution in [-0.4, -0.2) is 32.7 Å². The lowest BCUT2D eigenvalue weighted by molar-refractivity contribution is -0.141. The fraction of sp³-hybridized carbons (Fsp3) is 0.355. The highest BCUT2D eigenvalue weighted by Gasteiger charge is 2.46. The third-order valence-corrected chi connectivity index (χ3v) is 8.45. The predicted molar refractivity (Wildman–Crippen MR) is 154 cm³/mol. The highest BCUT2D eigenvalue weighted by atomic mass is 35.5. The molecule has 218 valence electrons. The van der Waals surface area contributed by atoms with Crippen molar-refractivity contribution in [2.24, 2.45) is 11.8 Å². The van der Waals surface area contributed by atoms with Crippen LogP contribution in [0.1, 0.15) is 50.3 Å². The monoisotopic (exact) mass is 595 g/mol. The van der Waals surface area contributed by atoms with E-state index in [-0.39, 0.29) is 23.3 Å². The summed E-state index contributed by atoms with van der Waals surface area (Å²) in [5.74, 6) is -0.967. The molecule has 2 aromatic carbocycles. The minimum Gasteiger partial charge on any atom is -0.334 e. The number of hydrogen-bond donors (Lipinski definition) is 1. The highest BCUT2D eigenvalue weighted by Crippen LogP contribution is 2.47. The standard InChI is InChI=1S/C31H29ClF3N5O2/c1-17(2)15-39-16-23(28(38-39)31(33,34)35)21-8-5-9-24(32)27(21)18-10-11-22-25(12-18)37-30(42)40(29(22)41)26-14-36-13-19-6-3-4-7-20(19)26/h3-9,13-14,16-18,22,25H,10-12,15H2,1-2H3,(H,37,42). The number of imide groups is 1. The van der Waals surface area contributed by atoms with Gasteiger partial charge >= 0.3 is 12.2 Å². The van der Waals surface area contributed by atoms with Gasteiger partial charge in [-0.25, -0.2) is 9.69 Å². The first kappa shape index (κ1) is 28.2. The van der Waals surface area contributed by atoms with E-state index >= 15 is 0 Å². The van der Waals surface area contributed by atoms with Crippen molar-refractivity contribution in [1.82, 2.24) is 20.1 Å². The van der Waals surface area contributed by atoms with Crippen molar-refractivity contribution in [3.63, 3.8) is 0 Å². The number of nitrogens with one attached hydrogen (secondary N) is 1. The molecule has 3 amide bonds. The third kappa shape index (κ3) is 5.02. The summed E-state index contributed by atoms with van der Waals surface area (Å²) in [6.45, 7) is 4.16. The van der Waals surface area contributed by atoms with E-state index in [0.717, 1.165) is 15.7 Å². The minimum atomic E-state index is -4.65. The van der Waals surface area contributed by atoms with Gasteiger partial charge in [-0.3, -0.25) is 14.5 Å². The number of anilines is 1. The Hall–Kier alpha value is -3.92. The van der Waals surface area contributed by atoms with Gasteiger partial charge in [0.25, 0.3) is 0 Å². The molecule has 2 aliphatic rings. The number of fused-ring (bicyclic) bond motifs is 2. The van der Waals surface area contributed by atoms with Crippen molar-refractivity contribution >= 4 is 40.0 Å². The molecule has 0 spiro atoms. The fourth-order valence-electron chi connectivity index (χ4n) is 6.37. The van der Waals surface area contributed by atoms with E-state index in [2.05, 4.69) is 15.4 Å². The Bertz CT molecular complexity index is 1680. The van der Waals surface area contributed by atoms with E-state index in [4.69, 9.17) is 11.6 Å². The lowest BCUT2D eigenvalue weighted by Crippen LogP contribution is -2.61. The summed E-state index contributed by atoms with van der Waals surface area (Å²) in [6.07, 6.45) is 1.29. The molecule has 4 aromatic rings. The maximum Gasteiger partial charge on any atom is 0.435 e. The molecule has 42 heavy (non-hydrogen) atoms. The Morgan fingerprint density at radius 1 is 1.05 bits per heavy atom. The number of amides is 3. The number of hydrogen-bond acceptors (Lipinski definition) is 4. The molecule has 1 aliphatic carbocycles. The van der Waals surface area contributed by atoms with Gasteiger partial charge in [0, 0.05) is 46.3 Å². The van der Waals surface area contributed by atoms with Gasteiger partial charge in [-0.1, -0.05) is 61.8 Å². The van der Waals surface area contributed by atoms with Crippen LogP contribution in [0.5, 0.6) is 0 Å². The summed E-state index contributed by atoms with van der Waals surface area (Å²) in [5.41, 5.74) is 0.379. The smallest absolute Gasteiger partial charge is 0.334 e. The Kier molecular flexibility index (Phi) is 7.21. The van der Waals surface area contributed by atoms with Gasteiger partial charge in [0.05, 0.1) is 17.8 Å². The van der Waals surface area contributed by atoms with Crippen molar-refractivity contribution in [3.05, 3.63) is 77.3 Å². The number of urea groups is 1. The molecule has 3 heterocycles. The van der Waals surface area contributed by atoms with Crippen LogP contribution >= 0.6 is 11.6 Å². The molecule has 0 radical (unpaired) electrons. The van der Waals surface area contributed by atoms with Crippen LogP contribution in [0.15, 0.2) is 61.1 Å². The number of benzene rings is 2. The van der Waals surface area contributed by atoms with E-state index in [0.29, 0.717) is 47.6 Å². The average Bonchev–Trinajstić information content (AvgIpc) is 3.36. The quantitative estimate of drug-likeness (QED) is 0.260. The number of halogens is 4.